The number of ether oxygens (including phenoxy) is 1. The molecule has 3 nitrogen and oxygen atoms in total. The summed E-state index contributed by atoms with van der Waals surface area (Å²) in [7, 11) is 0. The fourth-order valence-corrected chi connectivity index (χ4v) is 2.26. The second kappa shape index (κ2) is 7.14. The molecular weight excluding hydrogens is 286 g/mol. The van der Waals surface area contributed by atoms with Crippen LogP contribution in [0.3, 0.4) is 0 Å². The zero-order valence-corrected chi connectivity index (χ0v) is 12.9. The van der Waals surface area contributed by atoms with Gasteiger partial charge in [0.25, 0.3) is 0 Å². The predicted octanol–water partition coefficient (Wildman–Crippen LogP) is 4.41. The van der Waals surface area contributed by atoms with E-state index in [4.69, 9.17) is 16.3 Å². The summed E-state index contributed by atoms with van der Waals surface area (Å²) in [5, 5.41) is 0.422. The first kappa shape index (κ1) is 15.4. The molecule has 0 saturated carbocycles. The molecule has 2 rings (SSSR count). The minimum Gasteiger partial charge on any atom is -0.421 e. The highest BCUT2D eigenvalue weighted by atomic mass is 35.5. The van der Waals surface area contributed by atoms with Gasteiger partial charge in [-0.05, 0) is 50.2 Å². The third kappa shape index (κ3) is 3.76. The van der Waals surface area contributed by atoms with E-state index in [-0.39, 0.29) is 0 Å². The van der Waals surface area contributed by atoms with E-state index in [0.29, 0.717) is 16.3 Å². The van der Waals surface area contributed by atoms with Crippen LogP contribution in [-0.4, -0.2) is 19.1 Å². The molecule has 0 bridgehead atoms. The Labute approximate surface area is 130 Å². The maximum Gasteiger partial charge on any atom is 0.343 e. The van der Waals surface area contributed by atoms with E-state index < -0.39 is 5.97 Å². The van der Waals surface area contributed by atoms with Crippen LogP contribution in [-0.2, 0) is 0 Å². The molecule has 0 spiro atoms. The van der Waals surface area contributed by atoms with Gasteiger partial charge in [-0.1, -0.05) is 23.7 Å². The number of hydrogen-bond acceptors (Lipinski definition) is 3. The zero-order chi connectivity index (χ0) is 15.2. The lowest BCUT2D eigenvalue weighted by Crippen LogP contribution is -2.21. The highest BCUT2D eigenvalue weighted by molar-refractivity contribution is 6.32. The molecule has 0 heterocycles. The number of nitrogens with zero attached hydrogens (tertiary/aromatic N) is 1. The molecule has 110 valence electrons. The Bertz CT molecular complexity index is 606. The second-order valence-corrected chi connectivity index (χ2v) is 4.95. The van der Waals surface area contributed by atoms with Gasteiger partial charge in [0, 0.05) is 18.8 Å². The van der Waals surface area contributed by atoms with Gasteiger partial charge in [-0.2, -0.15) is 0 Å². The molecule has 0 aliphatic heterocycles. The van der Waals surface area contributed by atoms with Crippen molar-refractivity contribution in [1.29, 1.82) is 0 Å². The number of halogens is 1. The topological polar surface area (TPSA) is 29.5 Å². The summed E-state index contributed by atoms with van der Waals surface area (Å²) in [5.74, 6) is -0.0359. The maximum absolute atomic E-state index is 12.1. The predicted molar refractivity (Wildman–Crippen MR) is 86.4 cm³/mol. The Morgan fingerprint density at radius 3 is 2.24 bits per heavy atom. The Kier molecular flexibility index (Phi) is 5.23. The summed E-state index contributed by atoms with van der Waals surface area (Å²) in [6.07, 6.45) is 0. The SMILES string of the molecule is CCN(CC)c1ccc(C(=O)Oc2ccccc2Cl)cc1. The smallest absolute Gasteiger partial charge is 0.343 e. The van der Waals surface area contributed by atoms with Crippen LogP contribution >= 0.6 is 11.6 Å². The van der Waals surface area contributed by atoms with E-state index in [0.717, 1.165) is 18.8 Å². The molecule has 21 heavy (non-hydrogen) atoms. The first-order valence-electron chi connectivity index (χ1n) is 6.97. The van der Waals surface area contributed by atoms with Crippen molar-refractivity contribution in [2.45, 2.75) is 13.8 Å². The van der Waals surface area contributed by atoms with E-state index in [1.807, 2.05) is 12.1 Å². The summed E-state index contributed by atoms with van der Waals surface area (Å²) < 4.78 is 5.30. The first-order valence-corrected chi connectivity index (χ1v) is 7.35. The van der Waals surface area contributed by atoms with E-state index in [1.54, 1.807) is 36.4 Å². The largest absolute Gasteiger partial charge is 0.421 e. The molecular formula is C17H18ClNO2. The van der Waals surface area contributed by atoms with E-state index in [2.05, 4.69) is 18.7 Å². The van der Waals surface area contributed by atoms with Crippen molar-refractivity contribution in [1.82, 2.24) is 0 Å². The number of rotatable bonds is 5. The average molecular weight is 304 g/mol. The summed E-state index contributed by atoms with van der Waals surface area (Å²) in [4.78, 5) is 14.3. The number of carbonyl (C=O) groups is 1. The molecule has 0 aromatic heterocycles. The molecule has 0 amide bonds. The minimum absolute atomic E-state index is 0.372. The van der Waals surface area contributed by atoms with Gasteiger partial charge >= 0.3 is 5.97 Å². The number of anilines is 1. The Hall–Kier alpha value is -2.00. The van der Waals surface area contributed by atoms with E-state index >= 15 is 0 Å². The van der Waals surface area contributed by atoms with Gasteiger partial charge in [0.15, 0.2) is 0 Å². The summed E-state index contributed by atoms with van der Waals surface area (Å²) in [5.41, 5.74) is 1.60. The van der Waals surface area contributed by atoms with Crippen molar-refractivity contribution in [3.8, 4) is 5.75 Å². The van der Waals surface area contributed by atoms with Crippen LogP contribution in [0.15, 0.2) is 48.5 Å². The van der Waals surface area contributed by atoms with Gasteiger partial charge in [0.1, 0.15) is 5.75 Å². The van der Waals surface area contributed by atoms with Crippen molar-refractivity contribution >= 4 is 23.3 Å². The highest BCUT2D eigenvalue weighted by Gasteiger charge is 2.11. The van der Waals surface area contributed by atoms with Crippen molar-refractivity contribution in [2.75, 3.05) is 18.0 Å². The van der Waals surface area contributed by atoms with E-state index in [1.165, 1.54) is 0 Å². The molecule has 0 aliphatic carbocycles. The van der Waals surface area contributed by atoms with E-state index in [9.17, 15) is 4.79 Å². The lowest BCUT2D eigenvalue weighted by atomic mass is 10.2. The average Bonchev–Trinajstić information content (AvgIpc) is 2.51. The molecule has 2 aromatic rings. The van der Waals surface area contributed by atoms with Crippen molar-refractivity contribution in [3.63, 3.8) is 0 Å². The molecule has 0 atom stereocenters. The van der Waals surface area contributed by atoms with Crippen molar-refractivity contribution < 1.29 is 9.53 Å². The van der Waals surface area contributed by atoms with Gasteiger partial charge in [-0.15, -0.1) is 0 Å². The maximum atomic E-state index is 12.1. The standard InChI is InChI=1S/C17H18ClNO2/c1-3-19(4-2)14-11-9-13(10-12-14)17(20)21-16-8-6-5-7-15(16)18/h5-12H,3-4H2,1-2H3. The van der Waals surface area contributed by atoms with Crippen LogP contribution in [0.2, 0.25) is 5.02 Å². The highest BCUT2D eigenvalue weighted by Crippen LogP contribution is 2.24. The summed E-state index contributed by atoms with van der Waals surface area (Å²) in [6.45, 7) is 6.06. The van der Waals surface area contributed by atoms with Crippen molar-refractivity contribution in [3.05, 3.63) is 59.1 Å². The number of benzene rings is 2. The molecule has 0 unspecified atom stereocenters. The van der Waals surface area contributed by atoms with Crippen LogP contribution in [0.25, 0.3) is 0 Å². The summed E-state index contributed by atoms with van der Waals surface area (Å²) in [6, 6.07) is 14.3. The van der Waals surface area contributed by atoms with Gasteiger partial charge in [-0.25, -0.2) is 4.79 Å². The Balaban J connectivity index is 2.12. The molecule has 0 saturated heterocycles. The third-order valence-electron chi connectivity index (χ3n) is 3.27. The van der Waals surface area contributed by atoms with Gasteiger partial charge in [0.05, 0.1) is 10.6 Å². The molecule has 0 fully saturated rings. The van der Waals surface area contributed by atoms with Crippen molar-refractivity contribution in [2.24, 2.45) is 0 Å². The molecule has 0 aliphatic rings. The lowest BCUT2D eigenvalue weighted by molar-refractivity contribution is 0.0735. The number of esters is 1. The van der Waals surface area contributed by atoms with Crippen LogP contribution in [0, 0.1) is 0 Å². The lowest BCUT2D eigenvalue weighted by Gasteiger charge is -2.20. The summed E-state index contributed by atoms with van der Waals surface area (Å²) >= 11 is 5.98. The number of hydrogen-bond donors (Lipinski definition) is 0. The van der Waals surface area contributed by atoms with Crippen LogP contribution in [0.5, 0.6) is 5.75 Å². The molecule has 4 heteroatoms. The normalized spacial score (nSPS) is 10.2. The van der Waals surface area contributed by atoms with Crippen LogP contribution < -0.4 is 9.64 Å². The van der Waals surface area contributed by atoms with Gasteiger partial charge < -0.3 is 9.64 Å². The Morgan fingerprint density at radius 2 is 1.67 bits per heavy atom. The fraction of sp³-hybridized carbons (Fsp3) is 0.235. The van der Waals surface area contributed by atoms with Crippen LogP contribution in [0.4, 0.5) is 5.69 Å². The zero-order valence-electron chi connectivity index (χ0n) is 12.2. The molecule has 2 aromatic carbocycles. The van der Waals surface area contributed by atoms with Crippen LogP contribution in [0.1, 0.15) is 24.2 Å². The number of para-hydroxylation sites is 1. The number of carbonyl (C=O) groups excluding carboxylic acids is 1. The Morgan fingerprint density at radius 1 is 1.05 bits per heavy atom. The monoisotopic (exact) mass is 303 g/mol. The fourth-order valence-electron chi connectivity index (χ4n) is 2.08. The first-order chi connectivity index (χ1) is 10.2. The van der Waals surface area contributed by atoms with Gasteiger partial charge in [-0.3, -0.25) is 0 Å². The third-order valence-corrected chi connectivity index (χ3v) is 3.58. The minimum atomic E-state index is -0.408. The van der Waals surface area contributed by atoms with Gasteiger partial charge in [0.2, 0.25) is 0 Å². The molecule has 0 N–H and O–H groups in total. The second-order valence-electron chi connectivity index (χ2n) is 4.54. The quantitative estimate of drug-likeness (QED) is 0.605. The molecule has 0 radical (unpaired) electrons.